The Balaban J connectivity index is 2.35. The summed E-state index contributed by atoms with van der Waals surface area (Å²) in [7, 11) is 0. The highest BCUT2D eigenvalue weighted by Gasteiger charge is 2.25. The molecule has 0 fully saturated rings. The number of thiophene rings is 1. The molecule has 0 bridgehead atoms. The highest BCUT2D eigenvalue weighted by Crippen LogP contribution is 2.38. The molecule has 96 valence electrons. The quantitative estimate of drug-likeness (QED) is 0.670. The van der Waals surface area contributed by atoms with Gasteiger partial charge in [-0.15, -0.1) is 17.8 Å². The normalized spacial score (nSPS) is 13.6. The number of esters is 1. The van der Waals surface area contributed by atoms with Crippen molar-refractivity contribution in [1.29, 1.82) is 0 Å². The minimum absolute atomic E-state index is 0.226. The van der Waals surface area contributed by atoms with E-state index in [2.05, 4.69) is 11.2 Å². The molecule has 0 atom stereocenters. The second kappa shape index (κ2) is 5.92. The van der Waals surface area contributed by atoms with Crippen molar-refractivity contribution in [3.8, 4) is 12.3 Å². The molecule has 1 aliphatic carbocycles. The van der Waals surface area contributed by atoms with Crippen LogP contribution in [0.2, 0.25) is 0 Å². The number of nitrogens with one attached hydrogen (secondary N) is 1. The number of carbonyl (C=O) groups is 1. The van der Waals surface area contributed by atoms with E-state index in [1.165, 1.54) is 16.9 Å². The Morgan fingerprint density at radius 3 is 3.00 bits per heavy atom. The maximum Gasteiger partial charge on any atom is 0.341 e. The summed E-state index contributed by atoms with van der Waals surface area (Å²) in [5, 5.41) is 4.01. The third-order valence-electron chi connectivity index (χ3n) is 3.00. The van der Waals surface area contributed by atoms with Crippen LogP contribution in [0.15, 0.2) is 0 Å². The van der Waals surface area contributed by atoms with Gasteiger partial charge in [0.1, 0.15) is 5.00 Å². The van der Waals surface area contributed by atoms with E-state index in [1.807, 2.05) is 6.92 Å². The first-order chi connectivity index (χ1) is 8.77. The van der Waals surface area contributed by atoms with Crippen molar-refractivity contribution in [1.82, 2.24) is 0 Å². The predicted octanol–water partition coefficient (Wildman–Crippen LogP) is 2.85. The van der Waals surface area contributed by atoms with Crippen LogP contribution in [0.25, 0.3) is 0 Å². The van der Waals surface area contributed by atoms with Crippen molar-refractivity contribution >= 4 is 22.3 Å². The lowest BCUT2D eigenvalue weighted by Gasteiger charge is -2.12. The number of carbonyl (C=O) groups excluding carboxylic acids is 1. The van der Waals surface area contributed by atoms with Gasteiger partial charge in [-0.2, -0.15) is 0 Å². The van der Waals surface area contributed by atoms with Gasteiger partial charge >= 0.3 is 5.97 Å². The summed E-state index contributed by atoms with van der Waals surface area (Å²) < 4.78 is 5.15. The molecule has 18 heavy (non-hydrogen) atoms. The second-order valence-corrected chi connectivity index (χ2v) is 5.30. The molecule has 1 N–H and O–H groups in total. The molecule has 0 aromatic carbocycles. The zero-order chi connectivity index (χ0) is 13.0. The average Bonchev–Trinajstić information content (AvgIpc) is 2.74. The Kier molecular flexibility index (Phi) is 4.27. The maximum atomic E-state index is 12.1. The highest BCUT2D eigenvalue weighted by atomic mass is 32.1. The Bertz CT molecular complexity index is 485. The molecule has 1 aliphatic rings. The van der Waals surface area contributed by atoms with Gasteiger partial charge in [-0.25, -0.2) is 4.79 Å². The number of fused-ring (bicyclic) bond motifs is 1. The number of hydrogen-bond acceptors (Lipinski definition) is 4. The van der Waals surface area contributed by atoms with Gasteiger partial charge in [0.25, 0.3) is 0 Å². The molecule has 0 saturated heterocycles. The second-order valence-electron chi connectivity index (χ2n) is 4.19. The SMILES string of the molecule is C#CCNc1sc2c(c1C(=O)OCC)CCCC2. The van der Waals surface area contributed by atoms with E-state index in [9.17, 15) is 4.79 Å². The van der Waals surface area contributed by atoms with Crippen LogP contribution in [0.1, 0.15) is 40.6 Å². The lowest BCUT2D eigenvalue weighted by atomic mass is 9.95. The van der Waals surface area contributed by atoms with Gasteiger partial charge < -0.3 is 10.1 Å². The van der Waals surface area contributed by atoms with Crippen LogP contribution < -0.4 is 5.32 Å². The molecule has 1 aromatic rings. The summed E-state index contributed by atoms with van der Waals surface area (Å²) in [4.78, 5) is 13.4. The molecule has 0 spiro atoms. The minimum atomic E-state index is -0.226. The topological polar surface area (TPSA) is 38.3 Å². The monoisotopic (exact) mass is 263 g/mol. The van der Waals surface area contributed by atoms with Crippen molar-refractivity contribution in [2.45, 2.75) is 32.6 Å². The molecule has 0 unspecified atom stereocenters. The lowest BCUT2D eigenvalue weighted by Crippen LogP contribution is -2.11. The number of anilines is 1. The van der Waals surface area contributed by atoms with E-state index in [-0.39, 0.29) is 5.97 Å². The first kappa shape index (κ1) is 13.0. The molecule has 1 heterocycles. The fourth-order valence-electron chi connectivity index (χ4n) is 2.24. The van der Waals surface area contributed by atoms with Crippen LogP contribution in [0, 0.1) is 12.3 Å². The van der Waals surface area contributed by atoms with Crippen LogP contribution in [-0.2, 0) is 17.6 Å². The van der Waals surface area contributed by atoms with Gasteiger partial charge in [0.2, 0.25) is 0 Å². The summed E-state index contributed by atoms with van der Waals surface area (Å²) in [5.41, 5.74) is 1.89. The van der Waals surface area contributed by atoms with Gasteiger partial charge in [0.05, 0.1) is 18.7 Å². The Morgan fingerprint density at radius 1 is 1.50 bits per heavy atom. The van der Waals surface area contributed by atoms with Crippen LogP contribution >= 0.6 is 11.3 Å². The van der Waals surface area contributed by atoms with Crippen molar-refractivity contribution < 1.29 is 9.53 Å². The van der Waals surface area contributed by atoms with Crippen molar-refractivity contribution in [2.24, 2.45) is 0 Å². The standard InChI is InChI=1S/C14H17NO2S/c1-3-9-15-13-12(14(16)17-4-2)10-7-5-6-8-11(10)18-13/h1,15H,4-9H2,2H3. The Hall–Kier alpha value is -1.47. The summed E-state index contributed by atoms with van der Waals surface area (Å²) in [6.45, 7) is 2.66. The predicted molar refractivity (Wildman–Crippen MR) is 74.2 cm³/mol. The number of ether oxygens (including phenoxy) is 1. The van der Waals surface area contributed by atoms with E-state index < -0.39 is 0 Å². The molecule has 3 nitrogen and oxygen atoms in total. The zero-order valence-corrected chi connectivity index (χ0v) is 11.4. The molecule has 0 amide bonds. The Morgan fingerprint density at radius 2 is 2.28 bits per heavy atom. The first-order valence-electron chi connectivity index (χ1n) is 6.27. The van der Waals surface area contributed by atoms with E-state index in [0.29, 0.717) is 18.7 Å². The number of hydrogen-bond donors (Lipinski definition) is 1. The zero-order valence-electron chi connectivity index (χ0n) is 10.5. The van der Waals surface area contributed by atoms with E-state index in [0.717, 1.165) is 24.3 Å². The van der Waals surface area contributed by atoms with Gasteiger partial charge in [-0.1, -0.05) is 5.92 Å². The number of rotatable bonds is 4. The molecular weight excluding hydrogens is 246 g/mol. The summed E-state index contributed by atoms with van der Waals surface area (Å²) in [6, 6.07) is 0. The fraction of sp³-hybridized carbons (Fsp3) is 0.500. The van der Waals surface area contributed by atoms with E-state index in [1.54, 1.807) is 11.3 Å². The summed E-state index contributed by atoms with van der Waals surface area (Å²) in [5.74, 6) is 2.31. The summed E-state index contributed by atoms with van der Waals surface area (Å²) in [6.07, 6.45) is 9.63. The van der Waals surface area contributed by atoms with Crippen molar-refractivity contribution in [3.05, 3.63) is 16.0 Å². The minimum Gasteiger partial charge on any atom is -0.462 e. The highest BCUT2D eigenvalue weighted by molar-refractivity contribution is 7.16. The largest absolute Gasteiger partial charge is 0.462 e. The van der Waals surface area contributed by atoms with Crippen LogP contribution in [0.5, 0.6) is 0 Å². The number of terminal acetylenes is 1. The molecule has 0 radical (unpaired) electrons. The van der Waals surface area contributed by atoms with Crippen molar-refractivity contribution in [2.75, 3.05) is 18.5 Å². The molecule has 4 heteroatoms. The Labute approximate surface area is 112 Å². The van der Waals surface area contributed by atoms with Gasteiger partial charge in [0.15, 0.2) is 0 Å². The summed E-state index contributed by atoms with van der Waals surface area (Å²) >= 11 is 1.65. The van der Waals surface area contributed by atoms with Crippen LogP contribution in [-0.4, -0.2) is 19.1 Å². The lowest BCUT2D eigenvalue weighted by molar-refractivity contribution is 0.0526. The molecule has 1 aromatic heterocycles. The number of aryl methyl sites for hydroxylation is 1. The fourth-order valence-corrected chi connectivity index (χ4v) is 3.51. The average molecular weight is 263 g/mol. The molecule has 0 saturated carbocycles. The molecule has 2 rings (SSSR count). The van der Waals surface area contributed by atoms with Gasteiger partial charge in [-0.3, -0.25) is 0 Å². The smallest absolute Gasteiger partial charge is 0.341 e. The van der Waals surface area contributed by atoms with Crippen LogP contribution in [0.4, 0.5) is 5.00 Å². The van der Waals surface area contributed by atoms with E-state index in [4.69, 9.17) is 11.2 Å². The van der Waals surface area contributed by atoms with Crippen LogP contribution in [0.3, 0.4) is 0 Å². The maximum absolute atomic E-state index is 12.1. The van der Waals surface area contributed by atoms with E-state index >= 15 is 0 Å². The van der Waals surface area contributed by atoms with Gasteiger partial charge in [-0.05, 0) is 38.2 Å². The third-order valence-corrected chi connectivity index (χ3v) is 4.25. The van der Waals surface area contributed by atoms with Crippen molar-refractivity contribution in [3.63, 3.8) is 0 Å². The molecular formula is C14H17NO2S. The van der Waals surface area contributed by atoms with Gasteiger partial charge in [0, 0.05) is 4.88 Å². The molecule has 0 aliphatic heterocycles. The first-order valence-corrected chi connectivity index (χ1v) is 7.08. The third kappa shape index (κ3) is 2.51.